The first-order valence-electron chi connectivity index (χ1n) is 7.71. The first kappa shape index (κ1) is 19.3. The van der Waals surface area contributed by atoms with E-state index in [0.717, 1.165) is 16.0 Å². The summed E-state index contributed by atoms with van der Waals surface area (Å²) in [5, 5.41) is 11.9. The highest BCUT2D eigenvalue weighted by Crippen LogP contribution is 2.28. The van der Waals surface area contributed by atoms with Crippen molar-refractivity contribution in [2.24, 2.45) is 0 Å². The van der Waals surface area contributed by atoms with E-state index in [2.05, 4.69) is 15.5 Å². The lowest BCUT2D eigenvalue weighted by atomic mass is 10.2. The number of nitrogen functional groups attached to an aromatic ring is 1. The average Bonchev–Trinajstić information content (AvgIpc) is 2.67. The monoisotopic (exact) mass is 423 g/mol. The number of hydrogen-bond donors (Lipinski definition) is 2. The molecule has 0 saturated carbocycles. The molecule has 0 aliphatic carbocycles. The third kappa shape index (κ3) is 4.47. The summed E-state index contributed by atoms with van der Waals surface area (Å²) >= 11 is 13.2. The minimum absolute atomic E-state index is 0.0386. The van der Waals surface area contributed by atoms with Gasteiger partial charge in [0.1, 0.15) is 5.75 Å². The molecule has 7 nitrogen and oxygen atoms in total. The van der Waals surface area contributed by atoms with Gasteiger partial charge in [-0.3, -0.25) is 4.79 Å². The molecule has 0 atom stereocenters. The van der Waals surface area contributed by atoms with Gasteiger partial charge in [0.05, 0.1) is 17.8 Å². The molecule has 0 saturated heterocycles. The van der Waals surface area contributed by atoms with Crippen LogP contribution in [0.5, 0.6) is 5.75 Å². The highest BCUT2D eigenvalue weighted by molar-refractivity contribution is 7.98. The second-order valence-corrected chi connectivity index (χ2v) is 7.14. The minimum atomic E-state index is -0.529. The van der Waals surface area contributed by atoms with Crippen LogP contribution < -0.4 is 21.5 Å². The van der Waals surface area contributed by atoms with Gasteiger partial charge in [-0.05, 0) is 24.3 Å². The molecule has 0 radical (unpaired) electrons. The van der Waals surface area contributed by atoms with Gasteiger partial charge in [-0.2, -0.15) is 4.68 Å². The Morgan fingerprint density at radius 3 is 2.74 bits per heavy atom. The number of nitrogens with zero attached hydrogens (tertiary/aromatic N) is 3. The standard InChI is InChI=1S/C17H15Cl2N5O2S/c1-26-14-5-3-2-4-10(14)9-27-17-23-22-15(16(25)24(17)20)21-13-7-6-11(18)8-12(13)19/h2-8H,9,20H2,1H3,(H,21,22). The van der Waals surface area contributed by atoms with Gasteiger partial charge >= 0.3 is 5.56 Å². The zero-order chi connectivity index (χ0) is 19.4. The number of hydrogen-bond acceptors (Lipinski definition) is 7. The molecule has 3 rings (SSSR count). The Kier molecular flexibility index (Phi) is 6.10. The van der Waals surface area contributed by atoms with Gasteiger partial charge in [-0.15, -0.1) is 10.2 Å². The third-order valence-electron chi connectivity index (χ3n) is 3.60. The number of benzene rings is 2. The molecular weight excluding hydrogens is 409 g/mol. The lowest BCUT2D eigenvalue weighted by molar-refractivity contribution is 0.411. The molecule has 0 fully saturated rings. The van der Waals surface area contributed by atoms with Crippen LogP contribution in [0.2, 0.25) is 10.0 Å². The van der Waals surface area contributed by atoms with Gasteiger partial charge in [0.25, 0.3) is 0 Å². The van der Waals surface area contributed by atoms with Gasteiger partial charge < -0.3 is 15.9 Å². The van der Waals surface area contributed by atoms with E-state index in [-0.39, 0.29) is 11.0 Å². The first-order valence-corrected chi connectivity index (χ1v) is 9.45. The summed E-state index contributed by atoms with van der Waals surface area (Å²) in [4.78, 5) is 12.5. The van der Waals surface area contributed by atoms with E-state index in [9.17, 15) is 4.79 Å². The molecule has 0 amide bonds. The van der Waals surface area contributed by atoms with Gasteiger partial charge in [0, 0.05) is 16.3 Å². The van der Waals surface area contributed by atoms with Crippen molar-refractivity contribution in [1.29, 1.82) is 0 Å². The van der Waals surface area contributed by atoms with Gasteiger partial charge in [-0.25, -0.2) is 0 Å². The van der Waals surface area contributed by atoms with Crippen LogP contribution in [0.1, 0.15) is 5.56 Å². The number of methoxy groups -OCH3 is 1. The molecule has 0 bridgehead atoms. The van der Waals surface area contributed by atoms with Crippen LogP contribution in [0, 0.1) is 0 Å². The summed E-state index contributed by atoms with van der Waals surface area (Å²) in [6, 6.07) is 12.4. The number of rotatable bonds is 6. The summed E-state index contributed by atoms with van der Waals surface area (Å²) in [6.45, 7) is 0. The average molecular weight is 424 g/mol. The zero-order valence-electron chi connectivity index (χ0n) is 14.1. The third-order valence-corrected chi connectivity index (χ3v) is 5.14. The molecule has 140 valence electrons. The maximum Gasteiger partial charge on any atom is 0.315 e. The lowest BCUT2D eigenvalue weighted by Crippen LogP contribution is -2.32. The van der Waals surface area contributed by atoms with E-state index in [1.165, 1.54) is 11.8 Å². The molecule has 0 aliphatic heterocycles. The Hall–Kier alpha value is -2.42. The Balaban J connectivity index is 1.79. The molecule has 0 aliphatic rings. The van der Waals surface area contributed by atoms with E-state index in [1.54, 1.807) is 25.3 Å². The summed E-state index contributed by atoms with van der Waals surface area (Å²) in [6.07, 6.45) is 0. The number of para-hydroxylation sites is 1. The van der Waals surface area contributed by atoms with Crippen LogP contribution in [0.15, 0.2) is 52.4 Å². The molecule has 0 spiro atoms. The zero-order valence-corrected chi connectivity index (χ0v) is 16.5. The summed E-state index contributed by atoms with van der Waals surface area (Å²) in [5.41, 5.74) is 0.898. The van der Waals surface area contributed by atoms with Crippen LogP contribution in [0.25, 0.3) is 0 Å². The van der Waals surface area contributed by atoms with E-state index in [1.807, 2.05) is 24.3 Å². The van der Waals surface area contributed by atoms with E-state index >= 15 is 0 Å². The topological polar surface area (TPSA) is 95.1 Å². The van der Waals surface area contributed by atoms with Crippen LogP contribution >= 0.6 is 35.0 Å². The van der Waals surface area contributed by atoms with Crippen molar-refractivity contribution in [1.82, 2.24) is 14.9 Å². The quantitative estimate of drug-likeness (QED) is 0.460. The number of nitrogens with two attached hydrogens (primary N) is 1. The number of thioether (sulfide) groups is 1. The SMILES string of the molecule is COc1ccccc1CSc1nnc(Nc2ccc(Cl)cc2Cl)c(=O)n1N. The fraction of sp³-hybridized carbons (Fsp3) is 0.118. The van der Waals surface area contributed by atoms with Crippen molar-refractivity contribution in [2.45, 2.75) is 10.9 Å². The number of halogens is 2. The van der Waals surface area contributed by atoms with Crippen molar-refractivity contribution in [2.75, 3.05) is 18.3 Å². The smallest absolute Gasteiger partial charge is 0.315 e. The molecule has 27 heavy (non-hydrogen) atoms. The number of ether oxygens (including phenoxy) is 1. The fourth-order valence-corrected chi connectivity index (χ4v) is 3.54. The second kappa shape index (κ2) is 8.51. The van der Waals surface area contributed by atoms with Crippen molar-refractivity contribution >= 4 is 46.5 Å². The van der Waals surface area contributed by atoms with Crippen molar-refractivity contribution < 1.29 is 4.74 Å². The van der Waals surface area contributed by atoms with E-state index < -0.39 is 5.56 Å². The predicted molar refractivity (Wildman–Crippen MR) is 109 cm³/mol. The maximum atomic E-state index is 12.5. The normalized spacial score (nSPS) is 10.6. The minimum Gasteiger partial charge on any atom is -0.496 e. The first-order chi connectivity index (χ1) is 13.0. The van der Waals surface area contributed by atoms with E-state index in [4.69, 9.17) is 33.8 Å². The Labute approximate surface area is 169 Å². The Morgan fingerprint density at radius 2 is 2.00 bits per heavy atom. The van der Waals surface area contributed by atoms with Gasteiger partial charge in [0.2, 0.25) is 11.0 Å². The number of nitrogens with one attached hydrogen (secondary N) is 1. The molecule has 10 heteroatoms. The predicted octanol–water partition coefficient (Wildman–Crippen LogP) is 3.70. The fourth-order valence-electron chi connectivity index (χ4n) is 2.24. The van der Waals surface area contributed by atoms with Crippen LogP contribution in [-0.2, 0) is 5.75 Å². The molecule has 3 N–H and O–H groups in total. The number of aromatic nitrogens is 3. The van der Waals surface area contributed by atoms with Gasteiger partial charge in [-0.1, -0.05) is 53.2 Å². The summed E-state index contributed by atoms with van der Waals surface area (Å²) < 4.78 is 6.26. The Bertz CT molecular complexity index is 1030. The van der Waals surface area contributed by atoms with Crippen molar-refractivity contribution in [3.05, 3.63) is 68.4 Å². The lowest BCUT2D eigenvalue weighted by Gasteiger charge is -2.11. The molecule has 2 aromatic carbocycles. The number of anilines is 2. The molecule has 1 heterocycles. The maximum absolute atomic E-state index is 12.5. The highest BCUT2D eigenvalue weighted by Gasteiger charge is 2.13. The molecular formula is C17H15Cl2N5O2S. The molecule has 1 aromatic heterocycles. The van der Waals surface area contributed by atoms with Crippen LogP contribution in [0.3, 0.4) is 0 Å². The summed E-state index contributed by atoms with van der Waals surface area (Å²) in [5.74, 6) is 7.12. The Morgan fingerprint density at radius 1 is 1.22 bits per heavy atom. The van der Waals surface area contributed by atoms with Crippen molar-refractivity contribution in [3.8, 4) is 5.75 Å². The largest absolute Gasteiger partial charge is 0.496 e. The van der Waals surface area contributed by atoms with E-state index in [0.29, 0.717) is 21.5 Å². The molecule has 0 unspecified atom stereocenters. The summed E-state index contributed by atoms with van der Waals surface area (Å²) in [7, 11) is 1.60. The van der Waals surface area contributed by atoms with Crippen LogP contribution in [0.4, 0.5) is 11.5 Å². The second-order valence-electron chi connectivity index (χ2n) is 5.36. The van der Waals surface area contributed by atoms with Crippen molar-refractivity contribution in [3.63, 3.8) is 0 Å². The molecule has 3 aromatic rings. The highest BCUT2D eigenvalue weighted by atomic mass is 35.5. The van der Waals surface area contributed by atoms with Gasteiger partial charge in [0.15, 0.2) is 0 Å². The van der Waals surface area contributed by atoms with Crippen LogP contribution in [-0.4, -0.2) is 22.0 Å².